The van der Waals surface area contributed by atoms with Gasteiger partial charge in [0.05, 0.1) is 29.6 Å². The van der Waals surface area contributed by atoms with E-state index in [0.717, 1.165) is 12.1 Å². The summed E-state index contributed by atoms with van der Waals surface area (Å²) in [5.41, 5.74) is -0.492. The van der Waals surface area contributed by atoms with Gasteiger partial charge < -0.3 is 9.50 Å². The van der Waals surface area contributed by atoms with Crippen molar-refractivity contribution in [2.24, 2.45) is 0 Å². The number of non-ortho nitro benzene ring substituents is 1. The smallest absolute Gasteiger partial charge is 0.339 e. The molecule has 0 unspecified atom stereocenters. The summed E-state index contributed by atoms with van der Waals surface area (Å²) in [5.74, 6) is -0.919. The second-order valence-corrected chi connectivity index (χ2v) is 10.9. The van der Waals surface area contributed by atoms with Gasteiger partial charge in [0.25, 0.3) is 11.6 Å². The molecule has 14 heteroatoms. The number of hydrogen-bond donors (Lipinski definition) is 1. The highest BCUT2D eigenvalue weighted by molar-refractivity contribution is 9.11. The number of amides is 1. The van der Waals surface area contributed by atoms with Crippen LogP contribution < -0.4 is 9.50 Å². The predicted molar refractivity (Wildman–Crippen MR) is 141 cm³/mol. The van der Waals surface area contributed by atoms with E-state index in [1.165, 1.54) is 30.3 Å². The van der Waals surface area contributed by atoms with E-state index in [2.05, 4.69) is 37.2 Å². The minimum absolute atomic E-state index is 0.0385. The lowest BCUT2D eigenvalue weighted by Gasteiger charge is -2.12. The highest BCUT2D eigenvalue weighted by Gasteiger charge is 2.21. The minimum atomic E-state index is -4.12. The first kappa shape index (κ1) is 27.6. The Balaban J connectivity index is 1.89. The largest absolute Gasteiger partial charge is 0.377 e. The Morgan fingerprint density at radius 3 is 2.14 bits per heavy atom. The van der Waals surface area contributed by atoms with Crippen LogP contribution in [-0.4, -0.2) is 19.2 Å². The second-order valence-electron chi connectivity index (χ2n) is 6.83. The summed E-state index contributed by atoms with van der Waals surface area (Å²) in [6.45, 7) is 0. The van der Waals surface area contributed by atoms with Crippen molar-refractivity contribution in [3.05, 3.63) is 94.8 Å². The summed E-state index contributed by atoms with van der Waals surface area (Å²) in [5, 5.41) is 22.4. The van der Waals surface area contributed by atoms with Crippen LogP contribution >= 0.6 is 55.1 Å². The van der Waals surface area contributed by atoms with Crippen molar-refractivity contribution in [1.82, 2.24) is 0 Å². The van der Waals surface area contributed by atoms with E-state index in [4.69, 9.17) is 27.4 Å². The van der Waals surface area contributed by atoms with Gasteiger partial charge in [-0.2, -0.15) is 13.7 Å². The number of nitrogens with one attached hydrogen (secondary N) is 1. The summed E-state index contributed by atoms with van der Waals surface area (Å²) >= 11 is 18.5. The molecular formula is C22H11Br2Cl2N3O6S. The van der Waals surface area contributed by atoms with Crippen LogP contribution in [0.2, 0.25) is 10.0 Å². The molecule has 0 saturated carbocycles. The summed E-state index contributed by atoms with van der Waals surface area (Å²) < 4.78 is 30.8. The average Bonchev–Trinajstić information content (AvgIpc) is 2.82. The summed E-state index contributed by atoms with van der Waals surface area (Å²) in [4.78, 5) is 22.9. The lowest BCUT2D eigenvalue weighted by Crippen LogP contribution is -2.14. The maximum atomic E-state index is 12.7. The number of benzene rings is 3. The molecule has 0 heterocycles. The number of rotatable bonds is 7. The molecule has 0 saturated heterocycles. The monoisotopic (exact) mass is 673 g/mol. The molecule has 1 N–H and O–H groups in total. The van der Waals surface area contributed by atoms with Gasteiger partial charge in [-0.3, -0.25) is 14.9 Å². The summed E-state index contributed by atoms with van der Waals surface area (Å²) in [6.07, 6.45) is 1.23. The maximum absolute atomic E-state index is 12.7. The van der Waals surface area contributed by atoms with Crippen LogP contribution in [0.15, 0.2) is 74.0 Å². The number of nitro groups is 1. The van der Waals surface area contributed by atoms with Gasteiger partial charge in [-0.15, -0.1) is 0 Å². The van der Waals surface area contributed by atoms with E-state index < -0.39 is 20.9 Å². The molecule has 3 rings (SSSR count). The van der Waals surface area contributed by atoms with Crippen LogP contribution in [0.3, 0.4) is 0 Å². The Morgan fingerprint density at radius 1 is 1.08 bits per heavy atom. The first-order valence-electron chi connectivity index (χ1n) is 9.48. The molecule has 0 atom stereocenters. The quantitative estimate of drug-likeness (QED) is 0.0962. The fourth-order valence-electron chi connectivity index (χ4n) is 2.77. The standard InChI is InChI=1S/C22H11Br2Cl2N3O6S/c23-16-7-12(8-17(24)21(16)35-36(33,34)15-4-2-1-3-5-15)6-13(11-27)22(30)28-20-18(25)9-14(29(31)32)10-19(20)26/h1-10H,(H,28,30)/b13-6+. The SMILES string of the molecule is N#C/C(=C\c1cc(Br)c(OS(=O)(=O)c2ccccc2)c(Br)c1)C(=O)Nc1c(Cl)cc([N+](=O)[O-])cc1Cl. The zero-order chi connectivity index (χ0) is 26.6. The van der Waals surface area contributed by atoms with Gasteiger partial charge in [-0.05, 0) is 67.8 Å². The zero-order valence-electron chi connectivity index (χ0n) is 17.5. The van der Waals surface area contributed by atoms with Crippen molar-refractivity contribution < 1.29 is 22.3 Å². The van der Waals surface area contributed by atoms with Crippen molar-refractivity contribution in [2.45, 2.75) is 4.90 Å². The van der Waals surface area contributed by atoms with Crippen LogP contribution in [0.25, 0.3) is 6.08 Å². The fraction of sp³-hybridized carbons (Fsp3) is 0. The number of nitro benzene ring substituents is 1. The molecule has 9 nitrogen and oxygen atoms in total. The topological polar surface area (TPSA) is 139 Å². The Bertz CT molecular complexity index is 1510. The van der Waals surface area contributed by atoms with Gasteiger partial charge in [-0.1, -0.05) is 41.4 Å². The third-order valence-electron chi connectivity index (χ3n) is 4.40. The molecule has 0 fully saturated rings. The Labute approximate surface area is 231 Å². The molecule has 0 aliphatic heterocycles. The van der Waals surface area contributed by atoms with E-state index in [1.54, 1.807) is 24.3 Å². The molecule has 1 amide bonds. The number of carbonyl (C=O) groups excluding carboxylic acids is 1. The Morgan fingerprint density at radius 2 is 1.64 bits per heavy atom. The van der Waals surface area contributed by atoms with Gasteiger partial charge in [-0.25, -0.2) is 0 Å². The van der Waals surface area contributed by atoms with Crippen LogP contribution in [0.5, 0.6) is 5.75 Å². The van der Waals surface area contributed by atoms with E-state index in [0.29, 0.717) is 5.56 Å². The van der Waals surface area contributed by atoms with Gasteiger partial charge in [0.15, 0.2) is 5.75 Å². The lowest BCUT2D eigenvalue weighted by molar-refractivity contribution is -0.384. The molecule has 0 aromatic heterocycles. The third-order valence-corrected chi connectivity index (χ3v) is 7.41. The van der Waals surface area contributed by atoms with Gasteiger partial charge >= 0.3 is 10.1 Å². The number of hydrogen-bond acceptors (Lipinski definition) is 7. The number of halogens is 4. The summed E-state index contributed by atoms with van der Waals surface area (Å²) in [7, 11) is -4.12. The fourth-order valence-corrected chi connectivity index (χ4v) is 5.92. The molecule has 0 radical (unpaired) electrons. The molecule has 3 aromatic carbocycles. The molecule has 36 heavy (non-hydrogen) atoms. The van der Waals surface area contributed by atoms with Gasteiger partial charge in [0.1, 0.15) is 16.5 Å². The van der Waals surface area contributed by atoms with E-state index in [9.17, 15) is 28.6 Å². The highest BCUT2D eigenvalue weighted by Crippen LogP contribution is 2.38. The van der Waals surface area contributed by atoms with Crippen LogP contribution in [-0.2, 0) is 14.9 Å². The number of carbonyl (C=O) groups is 1. The second kappa shape index (κ2) is 11.4. The number of nitrogens with zero attached hydrogens (tertiary/aromatic N) is 2. The van der Waals surface area contributed by atoms with E-state index >= 15 is 0 Å². The van der Waals surface area contributed by atoms with E-state index in [1.807, 2.05) is 0 Å². The minimum Gasteiger partial charge on any atom is -0.377 e. The normalized spacial score (nSPS) is 11.5. The Hall–Kier alpha value is -2.95. The average molecular weight is 676 g/mol. The molecule has 0 aliphatic carbocycles. The van der Waals surface area contributed by atoms with Gasteiger partial charge in [0, 0.05) is 12.1 Å². The van der Waals surface area contributed by atoms with Crippen LogP contribution in [0.4, 0.5) is 11.4 Å². The van der Waals surface area contributed by atoms with Crippen molar-refractivity contribution in [1.29, 1.82) is 5.26 Å². The molecule has 184 valence electrons. The zero-order valence-corrected chi connectivity index (χ0v) is 23.0. The molecular weight excluding hydrogens is 665 g/mol. The lowest BCUT2D eigenvalue weighted by atomic mass is 10.1. The number of anilines is 1. The molecule has 3 aromatic rings. The van der Waals surface area contributed by atoms with Crippen molar-refractivity contribution in [3.8, 4) is 11.8 Å². The van der Waals surface area contributed by atoms with Gasteiger partial charge in [0.2, 0.25) is 0 Å². The van der Waals surface area contributed by atoms with Crippen LogP contribution in [0.1, 0.15) is 5.56 Å². The maximum Gasteiger partial charge on any atom is 0.339 e. The first-order chi connectivity index (χ1) is 16.9. The van der Waals surface area contributed by atoms with Crippen molar-refractivity contribution >= 4 is 88.5 Å². The molecule has 0 aliphatic rings. The first-order valence-corrected chi connectivity index (χ1v) is 13.2. The molecule has 0 spiro atoms. The number of nitriles is 1. The van der Waals surface area contributed by atoms with Crippen molar-refractivity contribution in [3.63, 3.8) is 0 Å². The Kier molecular flexibility index (Phi) is 8.76. The van der Waals surface area contributed by atoms with Crippen LogP contribution in [0, 0.1) is 21.4 Å². The summed E-state index contributed by atoms with van der Waals surface area (Å²) in [6, 6.07) is 14.2. The van der Waals surface area contributed by atoms with E-state index in [-0.39, 0.29) is 46.6 Å². The molecule has 0 bridgehead atoms. The highest BCUT2D eigenvalue weighted by atomic mass is 79.9. The third kappa shape index (κ3) is 6.43. The van der Waals surface area contributed by atoms with Crippen molar-refractivity contribution in [2.75, 3.05) is 5.32 Å². The predicted octanol–water partition coefficient (Wildman–Crippen LogP) is 6.74.